The fraction of sp³-hybridized carbons (Fsp3) is 0.846. The quantitative estimate of drug-likeness (QED) is 0.538. The van der Waals surface area contributed by atoms with E-state index in [2.05, 4.69) is 10.6 Å². The van der Waals surface area contributed by atoms with Crippen molar-refractivity contribution in [1.29, 1.82) is 0 Å². The van der Waals surface area contributed by atoms with Crippen molar-refractivity contribution in [3.63, 3.8) is 0 Å². The average molecular weight is 270 g/mol. The van der Waals surface area contributed by atoms with Gasteiger partial charge < -0.3 is 20.8 Å². The van der Waals surface area contributed by atoms with E-state index in [0.29, 0.717) is 24.4 Å². The van der Waals surface area contributed by atoms with Gasteiger partial charge in [-0.1, -0.05) is 0 Å². The first kappa shape index (κ1) is 14.3. The highest BCUT2D eigenvalue weighted by atomic mass is 16.4. The van der Waals surface area contributed by atoms with Crippen molar-refractivity contribution >= 4 is 11.9 Å². The summed E-state index contributed by atoms with van der Waals surface area (Å²) in [5.41, 5.74) is 0. The van der Waals surface area contributed by atoms with Gasteiger partial charge in [0, 0.05) is 31.5 Å². The molecule has 2 heterocycles. The number of aliphatic hydroxyl groups is 1. The summed E-state index contributed by atoms with van der Waals surface area (Å²) in [5.74, 6) is -0.956. The molecule has 0 radical (unpaired) electrons. The zero-order chi connectivity index (χ0) is 13.8. The molecule has 2 aliphatic heterocycles. The topological polar surface area (TPSA) is 98.7 Å². The summed E-state index contributed by atoms with van der Waals surface area (Å²) in [5, 5.41) is 23.7. The number of hydrogen-bond donors (Lipinski definition) is 4. The highest BCUT2D eigenvalue weighted by Gasteiger charge is 2.34. The van der Waals surface area contributed by atoms with Crippen molar-refractivity contribution in [1.82, 2.24) is 10.6 Å². The number of rotatable bonds is 6. The Balaban J connectivity index is 1.78. The second kappa shape index (κ2) is 6.34. The standard InChI is InChI=1S/C13H22N2O4/c16-4-3-11(13(18)19)15-12(17)7-8-5-9-1-2-10(6-8)14-9/h8-11,14,16H,1-7H2,(H,15,17)(H,18,19). The van der Waals surface area contributed by atoms with Gasteiger partial charge >= 0.3 is 5.97 Å². The number of nitrogens with one attached hydrogen (secondary N) is 2. The average Bonchev–Trinajstić information content (AvgIpc) is 2.68. The van der Waals surface area contributed by atoms with Gasteiger partial charge in [-0.05, 0) is 31.6 Å². The summed E-state index contributed by atoms with van der Waals surface area (Å²) in [6.45, 7) is -0.241. The number of carboxylic acids is 1. The maximum absolute atomic E-state index is 11.9. The van der Waals surface area contributed by atoms with Gasteiger partial charge in [0.2, 0.25) is 5.91 Å². The van der Waals surface area contributed by atoms with E-state index in [1.165, 1.54) is 12.8 Å². The maximum atomic E-state index is 11.9. The summed E-state index contributed by atoms with van der Waals surface area (Å²) >= 11 is 0. The Kier molecular flexibility index (Phi) is 4.76. The van der Waals surface area contributed by atoms with Gasteiger partial charge in [0.15, 0.2) is 0 Å². The van der Waals surface area contributed by atoms with Crippen molar-refractivity contribution in [2.75, 3.05) is 6.61 Å². The molecular formula is C13H22N2O4. The molecule has 6 nitrogen and oxygen atoms in total. The van der Waals surface area contributed by atoms with Crippen molar-refractivity contribution in [2.24, 2.45) is 5.92 Å². The van der Waals surface area contributed by atoms with Gasteiger partial charge in [-0.2, -0.15) is 0 Å². The number of carboxylic acid groups (broad SMARTS) is 1. The minimum atomic E-state index is -1.09. The van der Waals surface area contributed by atoms with Crippen LogP contribution in [0.1, 0.15) is 38.5 Å². The first-order valence-corrected chi connectivity index (χ1v) is 6.97. The number of hydrogen-bond acceptors (Lipinski definition) is 4. The molecule has 2 bridgehead atoms. The smallest absolute Gasteiger partial charge is 0.326 e. The van der Waals surface area contributed by atoms with Gasteiger partial charge in [0.05, 0.1) is 0 Å². The van der Waals surface area contributed by atoms with Crippen LogP contribution in [-0.2, 0) is 9.59 Å². The molecule has 0 aromatic rings. The molecular weight excluding hydrogens is 248 g/mol. The molecule has 108 valence electrons. The Morgan fingerprint density at radius 3 is 2.42 bits per heavy atom. The van der Waals surface area contributed by atoms with E-state index in [1.807, 2.05) is 0 Å². The van der Waals surface area contributed by atoms with Gasteiger partial charge in [0.1, 0.15) is 6.04 Å². The number of aliphatic carboxylic acids is 1. The van der Waals surface area contributed by atoms with Crippen molar-refractivity contribution in [3.05, 3.63) is 0 Å². The van der Waals surface area contributed by atoms with Crippen LogP contribution in [-0.4, -0.2) is 46.8 Å². The molecule has 3 unspecified atom stereocenters. The predicted octanol–water partition coefficient (Wildman–Crippen LogP) is -0.141. The van der Waals surface area contributed by atoms with Crippen molar-refractivity contribution < 1.29 is 19.8 Å². The first-order valence-electron chi connectivity index (χ1n) is 6.97. The van der Waals surface area contributed by atoms with Crippen LogP contribution >= 0.6 is 0 Å². The highest BCUT2D eigenvalue weighted by Crippen LogP contribution is 2.32. The number of aliphatic hydroxyl groups excluding tert-OH is 1. The molecule has 19 heavy (non-hydrogen) atoms. The van der Waals surface area contributed by atoms with Crippen LogP contribution in [0.15, 0.2) is 0 Å². The third-order valence-electron chi connectivity index (χ3n) is 4.10. The van der Waals surface area contributed by atoms with E-state index < -0.39 is 12.0 Å². The second-order valence-electron chi connectivity index (χ2n) is 5.65. The van der Waals surface area contributed by atoms with E-state index in [4.69, 9.17) is 10.2 Å². The lowest BCUT2D eigenvalue weighted by Crippen LogP contribution is -2.44. The Labute approximate surface area is 112 Å². The number of carbonyl (C=O) groups excluding carboxylic acids is 1. The third-order valence-corrected chi connectivity index (χ3v) is 4.10. The molecule has 0 spiro atoms. The first-order chi connectivity index (χ1) is 9.08. The Hall–Kier alpha value is -1.14. The van der Waals surface area contributed by atoms with E-state index in [0.717, 1.165) is 12.8 Å². The molecule has 2 rings (SSSR count). The van der Waals surface area contributed by atoms with E-state index in [1.54, 1.807) is 0 Å². The van der Waals surface area contributed by atoms with Gasteiger partial charge in [0.25, 0.3) is 0 Å². The number of amides is 1. The van der Waals surface area contributed by atoms with Gasteiger partial charge in [-0.3, -0.25) is 4.79 Å². The van der Waals surface area contributed by atoms with E-state index >= 15 is 0 Å². The number of fused-ring (bicyclic) bond motifs is 2. The molecule has 0 aromatic carbocycles. The predicted molar refractivity (Wildman–Crippen MR) is 68.6 cm³/mol. The van der Waals surface area contributed by atoms with Crippen LogP contribution < -0.4 is 10.6 Å². The lowest BCUT2D eigenvalue weighted by atomic mass is 9.89. The number of piperidine rings is 1. The molecule has 3 atom stereocenters. The van der Waals surface area contributed by atoms with Crippen LogP contribution in [0.2, 0.25) is 0 Å². The van der Waals surface area contributed by atoms with Crippen molar-refractivity contribution in [3.8, 4) is 0 Å². The Bertz CT molecular complexity index is 336. The van der Waals surface area contributed by atoms with Gasteiger partial charge in [-0.25, -0.2) is 4.79 Å². The zero-order valence-electron chi connectivity index (χ0n) is 11.0. The fourth-order valence-corrected chi connectivity index (χ4v) is 3.24. The zero-order valence-corrected chi connectivity index (χ0v) is 11.0. The van der Waals surface area contributed by atoms with Crippen LogP contribution in [0.25, 0.3) is 0 Å². The molecule has 4 N–H and O–H groups in total. The monoisotopic (exact) mass is 270 g/mol. The van der Waals surface area contributed by atoms with Crippen LogP contribution in [0, 0.1) is 5.92 Å². The second-order valence-corrected chi connectivity index (χ2v) is 5.65. The maximum Gasteiger partial charge on any atom is 0.326 e. The fourth-order valence-electron chi connectivity index (χ4n) is 3.24. The van der Waals surface area contributed by atoms with Crippen LogP contribution in [0.5, 0.6) is 0 Å². The molecule has 0 aromatic heterocycles. The van der Waals surface area contributed by atoms with Gasteiger partial charge in [-0.15, -0.1) is 0 Å². The molecule has 0 aliphatic carbocycles. The summed E-state index contributed by atoms with van der Waals surface area (Å²) in [7, 11) is 0. The molecule has 2 saturated heterocycles. The molecule has 6 heteroatoms. The molecule has 1 amide bonds. The van der Waals surface area contributed by atoms with Crippen LogP contribution in [0.3, 0.4) is 0 Å². The summed E-state index contributed by atoms with van der Waals surface area (Å²) in [6.07, 6.45) is 4.82. The van der Waals surface area contributed by atoms with E-state index in [9.17, 15) is 9.59 Å². The minimum absolute atomic E-state index is 0.0541. The lowest BCUT2D eigenvalue weighted by Gasteiger charge is -2.29. The minimum Gasteiger partial charge on any atom is -0.480 e. The molecule has 2 aliphatic rings. The van der Waals surface area contributed by atoms with Crippen LogP contribution in [0.4, 0.5) is 0 Å². The number of carbonyl (C=O) groups is 2. The Morgan fingerprint density at radius 1 is 1.26 bits per heavy atom. The van der Waals surface area contributed by atoms with E-state index in [-0.39, 0.29) is 18.9 Å². The molecule has 0 saturated carbocycles. The summed E-state index contributed by atoms with van der Waals surface area (Å²) in [4.78, 5) is 22.8. The SMILES string of the molecule is O=C(CC1CC2CCC(C1)N2)NC(CCO)C(=O)O. The third kappa shape index (κ3) is 3.91. The summed E-state index contributed by atoms with van der Waals surface area (Å²) < 4.78 is 0. The van der Waals surface area contributed by atoms with Crippen molar-refractivity contribution in [2.45, 2.75) is 56.7 Å². The summed E-state index contributed by atoms with van der Waals surface area (Å²) in [6, 6.07) is 0.0875. The lowest BCUT2D eigenvalue weighted by molar-refractivity contribution is -0.142. The molecule has 2 fully saturated rings. The normalized spacial score (nSPS) is 30.9. The highest BCUT2D eigenvalue weighted by molar-refractivity contribution is 5.83. The Morgan fingerprint density at radius 2 is 1.89 bits per heavy atom. The largest absolute Gasteiger partial charge is 0.480 e.